The fourth-order valence-electron chi connectivity index (χ4n) is 2.91. The fraction of sp³-hybridized carbons (Fsp3) is 0.0909. The monoisotopic (exact) mass is 453 g/mol. The number of amides is 2. The van der Waals surface area contributed by atoms with E-state index >= 15 is 0 Å². The number of benzene rings is 2. The van der Waals surface area contributed by atoms with E-state index in [1.54, 1.807) is 12.1 Å². The molecule has 0 unspecified atom stereocenters. The highest BCUT2D eigenvalue weighted by molar-refractivity contribution is 9.10. The van der Waals surface area contributed by atoms with Crippen molar-refractivity contribution in [1.29, 1.82) is 0 Å². The first-order valence-electron chi connectivity index (χ1n) is 8.75. The van der Waals surface area contributed by atoms with Gasteiger partial charge in [0.2, 0.25) is 0 Å². The number of hydrogen-bond donors (Lipinski definition) is 0. The van der Waals surface area contributed by atoms with E-state index in [9.17, 15) is 9.59 Å². The molecule has 140 valence electrons. The van der Waals surface area contributed by atoms with Gasteiger partial charge in [0.1, 0.15) is 11.5 Å². The van der Waals surface area contributed by atoms with E-state index in [2.05, 4.69) is 15.9 Å². The summed E-state index contributed by atoms with van der Waals surface area (Å²) in [6, 6.07) is 21.2. The topological polar surface area (TPSA) is 50.5 Å². The maximum absolute atomic E-state index is 12.6. The van der Waals surface area contributed by atoms with Crippen LogP contribution in [0.3, 0.4) is 0 Å². The molecule has 1 fully saturated rings. The standard InChI is InChI=1S/C22H16BrNO3S/c23-17-8-6-16(7-9-17)19-11-10-18(27-19)14-20-21(25)24(22(26)28-20)13-12-15-4-2-1-3-5-15/h1-11,14H,12-13H2/b20-14+. The fourth-order valence-corrected chi connectivity index (χ4v) is 4.02. The van der Waals surface area contributed by atoms with E-state index in [4.69, 9.17) is 4.42 Å². The number of carbonyl (C=O) groups is 2. The first-order chi connectivity index (χ1) is 13.6. The highest BCUT2D eigenvalue weighted by Crippen LogP contribution is 2.33. The highest BCUT2D eigenvalue weighted by Gasteiger charge is 2.34. The van der Waals surface area contributed by atoms with Crippen LogP contribution >= 0.6 is 27.7 Å². The SMILES string of the molecule is O=C1S/C(=C/c2ccc(-c3ccc(Br)cc3)o2)C(=O)N1CCc1ccccc1. The van der Waals surface area contributed by atoms with Crippen LogP contribution in [-0.4, -0.2) is 22.6 Å². The molecule has 4 nitrogen and oxygen atoms in total. The Kier molecular flexibility index (Phi) is 5.50. The van der Waals surface area contributed by atoms with E-state index in [0.717, 1.165) is 27.4 Å². The molecule has 1 aliphatic heterocycles. The number of carbonyl (C=O) groups excluding carboxylic acids is 2. The molecule has 0 N–H and O–H groups in total. The van der Waals surface area contributed by atoms with Crippen LogP contribution in [-0.2, 0) is 11.2 Å². The number of furan rings is 1. The Labute approximate surface area is 175 Å². The van der Waals surface area contributed by atoms with Crippen LogP contribution in [0.5, 0.6) is 0 Å². The van der Waals surface area contributed by atoms with Crippen molar-refractivity contribution in [2.45, 2.75) is 6.42 Å². The average Bonchev–Trinajstić information content (AvgIpc) is 3.27. The van der Waals surface area contributed by atoms with Crippen LogP contribution in [0.2, 0.25) is 0 Å². The predicted octanol–water partition coefficient (Wildman–Crippen LogP) is 5.99. The smallest absolute Gasteiger partial charge is 0.293 e. The number of rotatable bonds is 5. The lowest BCUT2D eigenvalue weighted by Crippen LogP contribution is -2.30. The van der Waals surface area contributed by atoms with Gasteiger partial charge in [0.25, 0.3) is 11.1 Å². The Morgan fingerprint density at radius 1 is 0.964 bits per heavy atom. The van der Waals surface area contributed by atoms with Crippen molar-refractivity contribution in [2.24, 2.45) is 0 Å². The second-order valence-corrected chi connectivity index (χ2v) is 8.19. The van der Waals surface area contributed by atoms with Gasteiger partial charge < -0.3 is 4.42 Å². The van der Waals surface area contributed by atoms with Crippen molar-refractivity contribution in [2.75, 3.05) is 6.54 Å². The van der Waals surface area contributed by atoms with Gasteiger partial charge in [0.05, 0.1) is 4.91 Å². The van der Waals surface area contributed by atoms with Crippen molar-refractivity contribution < 1.29 is 14.0 Å². The maximum Gasteiger partial charge on any atom is 0.293 e. The van der Waals surface area contributed by atoms with Crippen LogP contribution in [0.1, 0.15) is 11.3 Å². The summed E-state index contributed by atoms with van der Waals surface area (Å²) >= 11 is 4.36. The molecule has 1 saturated heterocycles. The third-order valence-electron chi connectivity index (χ3n) is 4.37. The summed E-state index contributed by atoms with van der Waals surface area (Å²) in [7, 11) is 0. The number of hydrogen-bond acceptors (Lipinski definition) is 4. The maximum atomic E-state index is 12.6. The molecule has 0 aliphatic carbocycles. The Morgan fingerprint density at radius 2 is 1.71 bits per heavy atom. The average molecular weight is 454 g/mol. The van der Waals surface area contributed by atoms with Crippen LogP contribution in [0.25, 0.3) is 17.4 Å². The van der Waals surface area contributed by atoms with Gasteiger partial charge in [-0.1, -0.05) is 58.4 Å². The molecule has 0 spiro atoms. The first kappa shape index (κ1) is 18.8. The zero-order valence-corrected chi connectivity index (χ0v) is 17.2. The molecule has 4 rings (SSSR count). The molecule has 6 heteroatoms. The lowest BCUT2D eigenvalue weighted by atomic mass is 10.1. The largest absolute Gasteiger partial charge is 0.457 e. The summed E-state index contributed by atoms with van der Waals surface area (Å²) in [6.07, 6.45) is 2.27. The third-order valence-corrected chi connectivity index (χ3v) is 5.81. The molecular formula is C22H16BrNO3S. The minimum absolute atomic E-state index is 0.244. The van der Waals surface area contributed by atoms with E-state index in [1.165, 1.54) is 4.90 Å². The number of imide groups is 1. The van der Waals surface area contributed by atoms with Crippen LogP contribution in [0, 0.1) is 0 Å². The van der Waals surface area contributed by atoms with Crippen LogP contribution < -0.4 is 0 Å². The van der Waals surface area contributed by atoms with Crippen LogP contribution in [0.4, 0.5) is 4.79 Å². The second-order valence-electron chi connectivity index (χ2n) is 6.28. The lowest BCUT2D eigenvalue weighted by Gasteiger charge is -2.11. The molecule has 28 heavy (non-hydrogen) atoms. The molecule has 2 amide bonds. The molecule has 0 saturated carbocycles. The quantitative estimate of drug-likeness (QED) is 0.445. The van der Waals surface area contributed by atoms with Gasteiger partial charge in [0.15, 0.2) is 0 Å². The summed E-state index contributed by atoms with van der Waals surface area (Å²) in [5, 5.41) is -0.244. The number of halogens is 1. The molecule has 0 radical (unpaired) electrons. The minimum atomic E-state index is -0.271. The molecule has 0 atom stereocenters. The van der Waals surface area contributed by atoms with Gasteiger partial charge in [-0.05, 0) is 48.0 Å². The summed E-state index contributed by atoms with van der Waals surface area (Å²) in [5.41, 5.74) is 2.04. The Balaban J connectivity index is 1.47. The summed E-state index contributed by atoms with van der Waals surface area (Å²) < 4.78 is 6.83. The highest BCUT2D eigenvalue weighted by atomic mass is 79.9. The van der Waals surface area contributed by atoms with Crippen molar-refractivity contribution in [1.82, 2.24) is 4.90 Å². The van der Waals surface area contributed by atoms with E-state index in [1.807, 2.05) is 60.7 Å². The van der Waals surface area contributed by atoms with Crippen molar-refractivity contribution >= 4 is 44.9 Å². The van der Waals surface area contributed by atoms with Gasteiger partial charge in [-0.25, -0.2) is 0 Å². The van der Waals surface area contributed by atoms with Gasteiger partial charge in [0, 0.05) is 22.7 Å². The Morgan fingerprint density at radius 3 is 2.46 bits per heavy atom. The molecule has 2 aromatic carbocycles. The Bertz CT molecular complexity index is 1040. The molecule has 3 aromatic rings. The van der Waals surface area contributed by atoms with Gasteiger partial charge in [-0.2, -0.15) is 0 Å². The van der Waals surface area contributed by atoms with Crippen molar-refractivity contribution in [3.8, 4) is 11.3 Å². The molecular weight excluding hydrogens is 438 g/mol. The zero-order chi connectivity index (χ0) is 19.5. The number of thioether (sulfide) groups is 1. The first-order valence-corrected chi connectivity index (χ1v) is 10.4. The molecule has 1 aliphatic rings. The van der Waals surface area contributed by atoms with E-state index in [0.29, 0.717) is 29.4 Å². The van der Waals surface area contributed by atoms with E-state index < -0.39 is 0 Å². The summed E-state index contributed by atoms with van der Waals surface area (Å²) in [6.45, 7) is 0.369. The van der Waals surface area contributed by atoms with Gasteiger partial charge in [-0.15, -0.1) is 0 Å². The van der Waals surface area contributed by atoms with Crippen LogP contribution in [0.15, 0.2) is 80.5 Å². The normalized spacial score (nSPS) is 15.6. The molecule has 0 bridgehead atoms. The summed E-state index contributed by atoms with van der Waals surface area (Å²) in [5.74, 6) is 0.987. The van der Waals surface area contributed by atoms with Gasteiger partial charge in [-0.3, -0.25) is 14.5 Å². The second kappa shape index (κ2) is 8.20. The zero-order valence-electron chi connectivity index (χ0n) is 14.8. The predicted molar refractivity (Wildman–Crippen MR) is 115 cm³/mol. The van der Waals surface area contributed by atoms with Crippen molar-refractivity contribution in [3.63, 3.8) is 0 Å². The molecule has 2 heterocycles. The van der Waals surface area contributed by atoms with E-state index in [-0.39, 0.29) is 11.1 Å². The van der Waals surface area contributed by atoms with Gasteiger partial charge >= 0.3 is 0 Å². The number of nitrogens with zero attached hydrogens (tertiary/aromatic N) is 1. The Hall–Kier alpha value is -2.57. The van der Waals surface area contributed by atoms with Crippen molar-refractivity contribution in [3.05, 3.63) is 87.4 Å². The summed E-state index contributed by atoms with van der Waals surface area (Å²) in [4.78, 5) is 26.6. The third kappa shape index (κ3) is 4.13. The lowest BCUT2D eigenvalue weighted by molar-refractivity contribution is -0.122. The molecule has 1 aromatic heterocycles. The minimum Gasteiger partial charge on any atom is -0.457 e.